The first kappa shape index (κ1) is 44.4. The maximum atomic E-state index is 14.6. The molecule has 0 radical (unpaired) electrons. The largest absolute Gasteiger partial charge is 0.274 e. The molecule has 0 saturated heterocycles. The molecule has 8 heteroatoms. The topological polar surface area (TPSA) is 37.4 Å². The second-order valence-corrected chi connectivity index (χ2v) is 27.9. The molecule has 6 heterocycles. The van der Waals surface area contributed by atoms with E-state index in [9.17, 15) is 9.59 Å². The van der Waals surface area contributed by atoms with Gasteiger partial charge in [-0.05, 0) is 89.0 Å². The molecule has 0 spiro atoms. The molecule has 0 bridgehead atoms. The SMILES string of the molecule is CCCCCCCc1ccc([Si]2(CC(CC)CCCC)c3cc(-c4sc(C(C)(C)C)c5c4C(=O)N(CCCCc4ccccc4)C5=O)sc3-c3sc(C(C)(C)C)cc32)s1. The number of benzene rings is 1. The number of hydrogen-bond acceptors (Lipinski definition) is 6. The van der Waals surface area contributed by atoms with Crippen LogP contribution in [0, 0.1) is 5.92 Å². The standard InChI is InChI=1S/C51H67NO2S4Si/c1-10-13-15-16-20-27-36-28-29-41(55-36)59(33-34(12-3)23-14-11-2)38-31-37(56-45(38)46-39(59)32-40(57-46)50(4,5)6)44-42-43(47(58-44)51(7,8)9)49(54)52(48(42)53)30-22-21-26-35-24-18-17-19-25-35/h17-19,24-25,28-29,31-32,34H,10-16,20-23,26-27,30,33H2,1-9H3. The first-order valence-corrected chi connectivity index (χ1v) is 28.2. The van der Waals surface area contributed by atoms with Crippen LogP contribution in [-0.4, -0.2) is 31.3 Å². The van der Waals surface area contributed by atoms with E-state index in [1.165, 1.54) is 95.3 Å². The van der Waals surface area contributed by atoms with Crippen LogP contribution in [-0.2, 0) is 23.7 Å². The third-order valence-electron chi connectivity index (χ3n) is 12.7. The van der Waals surface area contributed by atoms with Crippen LogP contribution in [0.1, 0.15) is 174 Å². The molecule has 2 amide bonds. The number of fused-ring (bicyclic) bond motifs is 4. The average Bonchev–Trinajstić information content (AvgIpc) is 4.05. The summed E-state index contributed by atoms with van der Waals surface area (Å²) in [6, 6.07) is 22.0. The minimum Gasteiger partial charge on any atom is -0.274 e. The molecule has 59 heavy (non-hydrogen) atoms. The fourth-order valence-electron chi connectivity index (χ4n) is 9.34. The van der Waals surface area contributed by atoms with Gasteiger partial charge in [-0.2, -0.15) is 0 Å². The lowest BCUT2D eigenvalue weighted by Gasteiger charge is -2.32. The minimum absolute atomic E-state index is 0.0639. The Morgan fingerprint density at radius 1 is 0.644 bits per heavy atom. The molecular weight excluding hydrogens is 815 g/mol. The fraction of sp³-hybridized carbons (Fsp3) is 0.529. The molecule has 7 rings (SSSR count). The van der Waals surface area contributed by atoms with E-state index in [1.807, 2.05) is 28.7 Å². The first-order chi connectivity index (χ1) is 28.2. The number of unbranched alkanes of at least 4 members (excludes halogenated alkanes) is 6. The third kappa shape index (κ3) is 8.87. The van der Waals surface area contributed by atoms with Crippen LogP contribution in [0.5, 0.6) is 0 Å². The lowest BCUT2D eigenvalue weighted by atomic mass is 9.90. The Morgan fingerprint density at radius 3 is 2.02 bits per heavy atom. The summed E-state index contributed by atoms with van der Waals surface area (Å²) >= 11 is 7.77. The van der Waals surface area contributed by atoms with Gasteiger partial charge in [0.1, 0.15) is 0 Å². The molecule has 0 saturated carbocycles. The summed E-state index contributed by atoms with van der Waals surface area (Å²) in [5.41, 5.74) is 2.44. The normalized spacial score (nSPS) is 16.9. The third-order valence-corrected chi connectivity index (χ3v) is 24.9. The van der Waals surface area contributed by atoms with Crippen LogP contribution in [0.15, 0.2) is 54.6 Å². The van der Waals surface area contributed by atoms with Crippen molar-refractivity contribution in [1.29, 1.82) is 0 Å². The van der Waals surface area contributed by atoms with Crippen LogP contribution in [0.25, 0.3) is 19.5 Å². The van der Waals surface area contributed by atoms with Crippen molar-refractivity contribution in [1.82, 2.24) is 4.90 Å². The van der Waals surface area contributed by atoms with Gasteiger partial charge in [-0.25, -0.2) is 0 Å². The predicted molar refractivity (Wildman–Crippen MR) is 263 cm³/mol. The van der Waals surface area contributed by atoms with Crippen LogP contribution in [0.3, 0.4) is 0 Å². The number of hydrogen-bond donors (Lipinski definition) is 0. The van der Waals surface area contributed by atoms with Gasteiger partial charge in [-0.1, -0.05) is 150 Å². The van der Waals surface area contributed by atoms with E-state index < -0.39 is 8.07 Å². The molecule has 2 aliphatic heterocycles. The molecule has 2 atom stereocenters. The summed E-state index contributed by atoms with van der Waals surface area (Å²) in [6.45, 7) is 21.2. The summed E-state index contributed by atoms with van der Waals surface area (Å²) < 4.78 is 1.62. The van der Waals surface area contributed by atoms with E-state index in [0.717, 1.165) is 29.0 Å². The summed E-state index contributed by atoms with van der Waals surface area (Å²) in [4.78, 5) is 39.7. The molecule has 0 N–H and O–H groups in total. The van der Waals surface area contributed by atoms with E-state index in [1.54, 1.807) is 36.0 Å². The minimum atomic E-state index is -2.46. The van der Waals surface area contributed by atoms with Gasteiger partial charge in [0.25, 0.3) is 11.8 Å². The molecule has 1 aromatic carbocycles. The number of aryl methyl sites for hydroxylation is 2. The highest BCUT2D eigenvalue weighted by molar-refractivity contribution is 7.39. The van der Waals surface area contributed by atoms with Crippen molar-refractivity contribution in [3.63, 3.8) is 0 Å². The maximum absolute atomic E-state index is 14.6. The molecular formula is C51H67NO2S4Si. The van der Waals surface area contributed by atoms with Crippen molar-refractivity contribution in [2.24, 2.45) is 5.92 Å². The van der Waals surface area contributed by atoms with E-state index in [0.29, 0.717) is 23.6 Å². The summed E-state index contributed by atoms with van der Waals surface area (Å²) in [5, 5.41) is 3.21. The number of carbonyl (C=O) groups excluding carboxylic acids is 2. The summed E-state index contributed by atoms with van der Waals surface area (Å²) in [7, 11) is -2.46. The summed E-state index contributed by atoms with van der Waals surface area (Å²) in [6.07, 6.45) is 15.4. The zero-order valence-electron chi connectivity index (χ0n) is 37.3. The van der Waals surface area contributed by atoms with Gasteiger partial charge in [0, 0.05) is 40.3 Å². The van der Waals surface area contributed by atoms with Gasteiger partial charge < -0.3 is 0 Å². The number of rotatable bonds is 19. The molecule has 4 aromatic heterocycles. The van der Waals surface area contributed by atoms with Gasteiger partial charge in [0.15, 0.2) is 8.07 Å². The van der Waals surface area contributed by atoms with Crippen LogP contribution >= 0.6 is 45.3 Å². The van der Waals surface area contributed by atoms with E-state index >= 15 is 0 Å². The second kappa shape index (κ2) is 18.4. The average molecular weight is 882 g/mol. The number of carbonyl (C=O) groups is 2. The predicted octanol–water partition coefficient (Wildman–Crippen LogP) is 14.0. The van der Waals surface area contributed by atoms with Crippen LogP contribution in [0.2, 0.25) is 6.04 Å². The quantitative estimate of drug-likeness (QED) is 0.0471. The van der Waals surface area contributed by atoms with E-state index in [4.69, 9.17) is 0 Å². The highest BCUT2D eigenvalue weighted by Gasteiger charge is 2.53. The number of amides is 2. The zero-order chi connectivity index (χ0) is 42.1. The smallest absolute Gasteiger partial charge is 0.263 e. The van der Waals surface area contributed by atoms with Crippen molar-refractivity contribution in [3.8, 4) is 19.5 Å². The molecule has 5 aromatic rings. The highest BCUT2D eigenvalue weighted by Crippen LogP contribution is 2.51. The number of thiophene rings is 4. The van der Waals surface area contributed by atoms with Crippen molar-refractivity contribution in [2.75, 3.05) is 6.54 Å². The lowest BCUT2D eigenvalue weighted by Crippen LogP contribution is -2.64. The van der Waals surface area contributed by atoms with E-state index in [2.05, 4.69) is 122 Å². The van der Waals surface area contributed by atoms with Gasteiger partial charge in [-0.3, -0.25) is 14.5 Å². The maximum Gasteiger partial charge on any atom is 0.263 e. The Labute approximate surface area is 372 Å². The van der Waals surface area contributed by atoms with Gasteiger partial charge in [0.05, 0.1) is 16.0 Å². The number of nitrogens with zero attached hydrogens (tertiary/aromatic N) is 1. The van der Waals surface area contributed by atoms with Crippen molar-refractivity contribution in [2.45, 2.75) is 163 Å². The molecule has 2 unspecified atom stereocenters. The summed E-state index contributed by atoms with van der Waals surface area (Å²) in [5.74, 6) is 0.472. The lowest BCUT2D eigenvalue weighted by molar-refractivity contribution is 0.0651. The number of imide groups is 1. The van der Waals surface area contributed by atoms with E-state index in [-0.39, 0.29) is 22.6 Å². The van der Waals surface area contributed by atoms with Crippen LogP contribution in [0.4, 0.5) is 0 Å². The second-order valence-electron chi connectivity index (χ2n) is 19.4. The molecule has 3 nitrogen and oxygen atoms in total. The highest BCUT2D eigenvalue weighted by atomic mass is 32.1. The zero-order valence-corrected chi connectivity index (χ0v) is 41.5. The molecule has 2 aliphatic rings. The Hall–Kier alpha value is -2.62. The van der Waals surface area contributed by atoms with Gasteiger partial charge in [0.2, 0.25) is 0 Å². The van der Waals surface area contributed by atoms with Gasteiger partial charge >= 0.3 is 0 Å². The van der Waals surface area contributed by atoms with Crippen molar-refractivity contribution < 1.29 is 9.59 Å². The monoisotopic (exact) mass is 881 g/mol. The molecule has 316 valence electrons. The Bertz CT molecular complexity index is 2240. The van der Waals surface area contributed by atoms with Crippen molar-refractivity contribution >= 4 is 80.1 Å². The van der Waals surface area contributed by atoms with Crippen LogP contribution < -0.4 is 14.9 Å². The molecule has 0 fully saturated rings. The molecule has 0 aliphatic carbocycles. The Balaban J connectivity index is 1.33. The Kier molecular flexibility index (Phi) is 13.8. The van der Waals surface area contributed by atoms with Gasteiger partial charge in [-0.15, -0.1) is 45.3 Å². The van der Waals surface area contributed by atoms with Crippen molar-refractivity contribution in [3.05, 3.63) is 85.9 Å². The first-order valence-electron chi connectivity index (χ1n) is 22.7. The fourth-order valence-corrected chi connectivity index (χ4v) is 22.7. The Morgan fingerprint density at radius 2 is 1.32 bits per heavy atom.